The molecule has 1 aromatic rings. The fourth-order valence-corrected chi connectivity index (χ4v) is 4.40. The quantitative estimate of drug-likeness (QED) is 0.882. The number of aryl methyl sites for hydroxylation is 2. The molecule has 3 aliphatic rings. The Kier molecular flexibility index (Phi) is 4.50. The average Bonchev–Trinajstić information content (AvgIpc) is 3.22. The number of hydrogen-bond acceptors (Lipinski definition) is 3. The van der Waals surface area contributed by atoms with Gasteiger partial charge in [0.15, 0.2) is 0 Å². The molecule has 1 atom stereocenters. The molecule has 0 radical (unpaired) electrons. The van der Waals surface area contributed by atoms with Gasteiger partial charge in [0.25, 0.3) is 0 Å². The van der Waals surface area contributed by atoms with E-state index in [0.717, 1.165) is 44.2 Å². The van der Waals surface area contributed by atoms with Crippen molar-refractivity contribution in [2.45, 2.75) is 63.5 Å². The first-order chi connectivity index (χ1) is 12.1. The van der Waals surface area contributed by atoms with E-state index in [1.807, 2.05) is 6.07 Å². The van der Waals surface area contributed by atoms with Gasteiger partial charge in [0.1, 0.15) is 0 Å². The van der Waals surface area contributed by atoms with Crippen LogP contribution < -0.4 is 10.2 Å². The molecule has 1 saturated heterocycles. The fourth-order valence-electron chi connectivity index (χ4n) is 4.40. The third kappa shape index (κ3) is 3.43. The lowest BCUT2D eigenvalue weighted by atomic mass is 9.92. The number of nitrogens with zero attached hydrogens (tertiary/aromatic N) is 1. The summed E-state index contributed by atoms with van der Waals surface area (Å²) in [6.07, 6.45) is 6.60. The summed E-state index contributed by atoms with van der Waals surface area (Å²) in [4.78, 5) is 26.8. The smallest absolute Gasteiger partial charge is 0.227 e. The zero-order valence-corrected chi connectivity index (χ0v) is 14.5. The molecule has 5 heteroatoms. The first kappa shape index (κ1) is 16.6. The summed E-state index contributed by atoms with van der Waals surface area (Å²) in [5.74, 6) is -0.247. The molecule has 4 rings (SSSR count). The van der Waals surface area contributed by atoms with E-state index in [-0.39, 0.29) is 36.3 Å². The Hall–Kier alpha value is -1.88. The van der Waals surface area contributed by atoms with Gasteiger partial charge in [-0.3, -0.25) is 9.59 Å². The third-order valence-corrected chi connectivity index (χ3v) is 5.93. The number of aliphatic hydroxyl groups is 1. The maximum atomic E-state index is 12.6. The first-order valence-electron chi connectivity index (χ1n) is 9.51. The Morgan fingerprint density at radius 2 is 1.88 bits per heavy atom. The van der Waals surface area contributed by atoms with Gasteiger partial charge in [-0.1, -0.05) is 6.07 Å². The van der Waals surface area contributed by atoms with Crippen molar-refractivity contribution in [2.75, 3.05) is 11.4 Å². The van der Waals surface area contributed by atoms with Crippen molar-refractivity contribution < 1.29 is 14.7 Å². The molecule has 1 aliphatic heterocycles. The molecule has 0 aromatic heterocycles. The van der Waals surface area contributed by atoms with Crippen LogP contribution in [0.2, 0.25) is 0 Å². The lowest BCUT2D eigenvalue weighted by Gasteiger charge is -2.27. The maximum Gasteiger partial charge on any atom is 0.227 e. The van der Waals surface area contributed by atoms with Gasteiger partial charge >= 0.3 is 0 Å². The molecule has 1 heterocycles. The molecule has 5 nitrogen and oxygen atoms in total. The fraction of sp³-hybridized carbons (Fsp3) is 0.600. The number of carbonyl (C=O) groups excluding carboxylic acids is 2. The number of hydrogen-bond donors (Lipinski definition) is 2. The lowest BCUT2D eigenvalue weighted by Crippen LogP contribution is -2.42. The highest BCUT2D eigenvalue weighted by Crippen LogP contribution is 2.31. The van der Waals surface area contributed by atoms with Crippen LogP contribution in [0.3, 0.4) is 0 Å². The predicted octanol–water partition coefficient (Wildman–Crippen LogP) is 1.95. The second-order valence-electron chi connectivity index (χ2n) is 7.73. The van der Waals surface area contributed by atoms with Crippen LogP contribution in [0.1, 0.15) is 49.7 Å². The van der Waals surface area contributed by atoms with E-state index in [0.29, 0.717) is 6.54 Å². The maximum absolute atomic E-state index is 12.6. The molecule has 0 spiro atoms. The standard InChI is InChI=1S/C20H26N2O3/c23-18-8-5-16(6-9-18)21-20(25)15-11-19(24)22(12-15)17-7-4-13-2-1-3-14(13)10-17/h4,7,10,15-16,18,23H,1-3,5-6,8-9,11-12H2,(H,21,25). The van der Waals surface area contributed by atoms with Crippen molar-refractivity contribution in [2.24, 2.45) is 5.92 Å². The van der Waals surface area contributed by atoms with E-state index in [1.165, 1.54) is 17.5 Å². The molecule has 2 aliphatic carbocycles. The average molecular weight is 342 g/mol. The highest BCUT2D eigenvalue weighted by Gasteiger charge is 2.36. The van der Waals surface area contributed by atoms with Gasteiger partial charge < -0.3 is 15.3 Å². The van der Waals surface area contributed by atoms with Gasteiger partial charge in [-0.2, -0.15) is 0 Å². The summed E-state index contributed by atoms with van der Waals surface area (Å²) in [7, 11) is 0. The summed E-state index contributed by atoms with van der Waals surface area (Å²) >= 11 is 0. The minimum Gasteiger partial charge on any atom is -0.393 e. The molecule has 2 fully saturated rings. The van der Waals surface area contributed by atoms with Gasteiger partial charge in [-0.25, -0.2) is 0 Å². The van der Waals surface area contributed by atoms with Crippen LogP contribution in [0.25, 0.3) is 0 Å². The number of amides is 2. The zero-order valence-electron chi connectivity index (χ0n) is 14.5. The van der Waals surface area contributed by atoms with Gasteiger partial charge in [0.05, 0.1) is 12.0 Å². The SMILES string of the molecule is O=C(NC1CCC(O)CC1)C1CC(=O)N(c2ccc3c(c2)CCC3)C1. The molecule has 1 unspecified atom stereocenters. The number of aliphatic hydroxyl groups excluding tert-OH is 1. The molecule has 25 heavy (non-hydrogen) atoms. The molecule has 1 saturated carbocycles. The van der Waals surface area contributed by atoms with Crippen molar-refractivity contribution in [1.29, 1.82) is 0 Å². The number of fused-ring (bicyclic) bond motifs is 1. The number of carbonyl (C=O) groups is 2. The number of benzene rings is 1. The Balaban J connectivity index is 1.39. The highest BCUT2D eigenvalue weighted by atomic mass is 16.3. The molecule has 1 aromatic carbocycles. The first-order valence-corrected chi connectivity index (χ1v) is 9.51. The van der Waals surface area contributed by atoms with E-state index in [1.54, 1.807) is 4.90 Å². The Labute approximate surface area is 148 Å². The van der Waals surface area contributed by atoms with Gasteiger partial charge in [0.2, 0.25) is 11.8 Å². The van der Waals surface area contributed by atoms with E-state index in [9.17, 15) is 14.7 Å². The lowest BCUT2D eigenvalue weighted by molar-refractivity contribution is -0.127. The summed E-state index contributed by atoms with van der Waals surface area (Å²) < 4.78 is 0. The van der Waals surface area contributed by atoms with Gasteiger partial charge in [-0.05, 0) is 68.2 Å². The topological polar surface area (TPSA) is 69.6 Å². The van der Waals surface area contributed by atoms with Crippen LogP contribution in [-0.4, -0.2) is 35.6 Å². The number of nitrogens with one attached hydrogen (secondary N) is 1. The zero-order chi connectivity index (χ0) is 17.4. The van der Waals surface area contributed by atoms with Crippen LogP contribution >= 0.6 is 0 Å². The largest absolute Gasteiger partial charge is 0.393 e. The van der Waals surface area contributed by atoms with Crippen molar-refractivity contribution in [3.05, 3.63) is 29.3 Å². The van der Waals surface area contributed by atoms with Crippen LogP contribution in [0, 0.1) is 5.92 Å². The van der Waals surface area contributed by atoms with Crippen molar-refractivity contribution in [3.63, 3.8) is 0 Å². The summed E-state index contributed by atoms with van der Waals surface area (Å²) in [6, 6.07) is 6.42. The number of rotatable bonds is 3. The Bertz CT molecular complexity index is 680. The van der Waals surface area contributed by atoms with Crippen LogP contribution in [0.4, 0.5) is 5.69 Å². The molecule has 2 N–H and O–H groups in total. The van der Waals surface area contributed by atoms with E-state index >= 15 is 0 Å². The molecule has 0 bridgehead atoms. The van der Waals surface area contributed by atoms with E-state index < -0.39 is 0 Å². The third-order valence-electron chi connectivity index (χ3n) is 5.93. The monoisotopic (exact) mass is 342 g/mol. The normalized spacial score (nSPS) is 28.9. The highest BCUT2D eigenvalue weighted by molar-refractivity contribution is 6.00. The molecule has 134 valence electrons. The summed E-state index contributed by atoms with van der Waals surface area (Å²) in [5, 5.41) is 12.7. The van der Waals surface area contributed by atoms with Crippen molar-refractivity contribution in [3.8, 4) is 0 Å². The van der Waals surface area contributed by atoms with Crippen LogP contribution in [0.15, 0.2) is 18.2 Å². The minimum absolute atomic E-state index is 0.0154. The van der Waals surface area contributed by atoms with Crippen molar-refractivity contribution in [1.82, 2.24) is 5.32 Å². The van der Waals surface area contributed by atoms with Gasteiger partial charge in [-0.15, -0.1) is 0 Å². The predicted molar refractivity (Wildman–Crippen MR) is 95.3 cm³/mol. The van der Waals surface area contributed by atoms with Crippen LogP contribution in [-0.2, 0) is 22.4 Å². The van der Waals surface area contributed by atoms with E-state index in [4.69, 9.17) is 0 Å². The minimum atomic E-state index is -0.271. The Morgan fingerprint density at radius 1 is 1.12 bits per heavy atom. The Morgan fingerprint density at radius 3 is 2.68 bits per heavy atom. The molecule has 2 amide bonds. The summed E-state index contributed by atoms with van der Waals surface area (Å²) in [5.41, 5.74) is 3.67. The molecular weight excluding hydrogens is 316 g/mol. The second-order valence-corrected chi connectivity index (χ2v) is 7.73. The summed E-state index contributed by atoms with van der Waals surface area (Å²) in [6.45, 7) is 0.471. The van der Waals surface area contributed by atoms with E-state index in [2.05, 4.69) is 17.4 Å². The second kappa shape index (κ2) is 6.79. The number of anilines is 1. The molecular formula is C20H26N2O3. The van der Waals surface area contributed by atoms with Gasteiger partial charge in [0, 0.05) is 24.7 Å². The van der Waals surface area contributed by atoms with Crippen molar-refractivity contribution >= 4 is 17.5 Å². The van der Waals surface area contributed by atoms with Crippen LogP contribution in [0.5, 0.6) is 0 Å².